The van der Waals surface area contributed by atoms with Crippen molar-refractivity contribution in [3.05, 3.63) is 16.5 Å². The summed E-state index contributed by atoms with van der Waals surface area (Å²) in [7, 11) is -3.56. The number of halogens is 1. The van der Waals surface area contributed by atoms with Crippen molar-refractivity contribution in [2.75, 3.05) is 13.1 Å². The van der Waals surface area contributed by atoms with Crippen LogP contribution in [-0.2, 0) is 16.6 Å². The second-order valence-electron chi connectivity index (χ2n) is 3.91. The standard InChI is InChI=1S/C11H18BrNO4S/c1-3-5-13(6-4-2)18(15,16)10-7-9(8-14)17-11(10)12/h7,14H,3-6,8H2,1-2H3. The SMILES string of the molecule is CCCN(CCC)S(=O)(=O)c1cc(CO)oc1Br. The summed E-state index contributed by atoms with van der Waals surface area (Å²) in [6.07, 6.45) is 1.50. The lowest BCUT2D eigenvalue weighted by atomic mass is 10.4. The van der Waals surface area contributed by atoms with Gasteiger partial charge in [-0.05, 0) is 28.8 Å². The second kappa shape index (κ2) is 6.70. The van der Waals surface area contributed by atoms with Crippen LogP contribution in [0.1, 0.15) is 32.4 Å². The number of hydrogen-bond donors (Lipinski definition) is 1. The minimum atomic E-state index is -3.56. The Morgan fingerprint density at radius 3 is 2.28 bits per heavy atom. The molecule has 7 heteroatoms. The Hall–Kier alpha value is -0.370. The zero-order valence-corrected chi connectivity index (χ0v) is 12.9. The maximum atomic E-state index is 12.4. The van der Waals surface area contributed by atoms with Crippen LogP contribution in [0.2, 0.25) is 0 Å². The van der Waals surface area contributed by atoms with E-state index >= 15 is 0 Å². The van der Waals surface area contributed by atoms with Crippen molar-refractivity contribution < 1.29 is 17.9 Å². The minimum Gasteiger partial charge on any atom is -0.450 e. The van der Waals surface area contributed by atoms with Gasteiger partial charge in [0.15, 0.2) is 4.67 Å². The van der Waals surface area contributed by atoms with Crippen LogP contribution >= 0.6 is 15.9 Å². The lowest BCUT2D eigenvalue weighted by molar-refractivity contribution is 0.245. The van der Waals surface area contributed by atoms with Gasteiger partial charge in [0.05, 0.1) is 0 Å². The van der Waals surface area contributed by atoms with Gasteiger partial charge < -0.3 is 9.52 Å². The van der Waals surface area contributed by atoms with Gasteiger partial charge in [0.25, 0.3) is 0 Å². The third-order valence-electron chi connectivity index (χ3n) is 2.43. The first-order valence-electron chi connectivity index (χ1n) is 5.86. The minimum absolute atomic E-state index is 0.0773. The maximum Gasteiger partial charge on any atom is 0.247 e. The molecule has 0 amide bonds. The molecule has 0 saturated heterocycles. The lowest BCUT2D eigenvalue weighted by Crippen LogP contribution is -2.32. The average molecular weight is 340 g/mol. The van der Waals surface area contributed by atoms with Crippen LogP contribution in [-0.4, -0.2) is 30.9 Å². The highest BCUT2D eigenvalue weighted by atomic mass is 79.9. The number of nitrogens with zero attached hydrogens (tertiary/aromatic N) is 1. The predicted octanol–water partition coefficient (Wildman–Crippen LogP) is 2.35. The highest BCUT2D eigenvalue weighted by Gasteiger charge is 2.28. The molecule has 0 fully saturated rings. The Balaban J connectivity index is 3.12. The largest absolute Gasteiger partial charge is 0.450 e. The van der Waals surface area contributed by atoms with Gasteiger partial charge in [-0.1, -0.05) is 13.8 Å². The Morgan fingerprint density at radius 2 is 1.89 bits per heavy atom. The molecule has 0 radical (unpaired) electrons. The molecule has 0 spiro atoms. The Bertz CT molecular complexity index is 477. The Morgan fingerprint density at radius 1 is 1.33 bits per heavy atom. The molecule has 18 heavy (non-hydrogen) atoms. The first-order chi connectivity index (χ1) is 8.47. The molecule has 0 aromatic carbocycles. The maximum absolute atomic E-state index is 12.4. The second-order valence-corrected chi connectivity index (χ2v) is 6.54. The van der Waals surface area contributed by atoms with E-state index in [1.807, 2.05) is 13.8 Å². The summed E-state index contributed by atoms with van der Waals surface area (Å²) >= 11 is 3.08. The third kappa shape index (κ3) is 3.34. The van der Waals surface area contributed by atoms with Crippen LogP contribution in [0.25, 0.3) is 0 Å². The average Bonchev–Trinajstić information content (AvgIpc) is 2.71. The number of furan rings is 1. The van der Waals surface area contributed by atoms with Crippen LogP contribution in [0, 0.1) is 0 Å². The summed E-state index contributed by atoms with van der Waals surface area (Å²) in [5.41, 5.74) is 0. The van der Waals surface area contributed by atoms with Crippen molar-refractivity contribution in [3.63, 3.8) is 0 Å². The summed E-state index contributed by atoms with van der Waals surface area (Å²) in [5, 5.41) is 8.96. The Labute approximate surface area is 116 Å². The van der Waals surface area contributed by atoms with Crippen molar-refractivity contribution in [2.24, 2.45) is 0 Å². The normalized spacial score (nSPS) is 12.3. The summed E-state index contributed by atoms with van der Waals surface area (Å²) in [5.74, 6) is 0.230. The molecule has 0 saturated carbocycles. The van der Waals surface area contributed by atoms with Gasteiger partial charge in [0, 0.05) is 19.2 Å². The fourth-order valence-corrected chi connectivity index (χ4v) is 4.23. The van der Waals surface area contributed by atoms with Gasteiger partial charge in [-0.25, -0.2) is 8.42 Å². The fourth-order valence-electron chi connectivity index (χ4n) is 1.64. The highest BCUT2D eigenvalue weighted by Crippen LogP contribution is 2.29. The van der Waals surface area contributed by atoms with Crippen molar-refractivity contribution in [1.29, 1.82) is 0 Å². The zero-order valence-electron chi connectivity index (χ0n) is 10.5. The van der Waals surface area contributed by atoms with E-state index < -0.39 is 10.0 Å². The van der Waals surface area contributed by atoms with E-state index in [9.17, 15) is 8.42 Å². The molecule has 1 N–H and O–H groups in total. The molecule has 104 valence electrons. The summed E-state index contributed by atoms with van der Waals surface area (Å²) in [6, 6.07) is 1.36. The first kappa shape index (κ1) is 15.7. The third-order valence-corrected chi connectivity index (χ3v) is 5.18. The zero-order chi connectivity index (χ0) is 13.8. The van der Waals surface area contributed by atoms with Gasteiger partial charge in [0.1, 0.15) is 17.3 Å². The molecule has 0 aliphatic heterocycles. The van der Waals surface area contributed by atoms with E-state index in [4.69, 9.17) is 9.52 Å². The van der Waals surface area contributed by atoms with Gasteiger partial charge in [-0.3, -0.25) is 0 Å². The van der Waals surface area contributed by atoms with Crippen LogP contribution in [0.4, 0.5) is 0 Å². The first-order valence-corrected chi connectivity index (χ1v) is 8.09. The summed E-state index contributed by atoms with van der Waals surface area (Å²) in [4.78, 5) is 0.0773. The summed E-state index contributed by atoms with van der Waals surface area (Å²) < 4.78 is 31.5. The molecular formula is C11H18BrNO4S. The van der Waals surface area contributed by atoms with Crippen molar-refractivity contribution in [3.8, 4) is 0 Å². The van der Waals surface area contributed by atoms with Crippen LogP contribution in [0.15, 0.2) is 20.0 Å². The molecule has 1 heterocycles. The smallest absolute Gasteiger partial charge is 0.247 e. The van der Waals surface area contributed by atoms with E-state index in [1.54, 1.807) is 0 Å². The number of sulfonamides is 1. The van der Waals surface area contributed by atoms with E-state index in [0.29, 0.717) is 13.1 Å². The molecule has 1 rings (SSSR count). The van der Waals surface area contributed by atoms with Crippen molar-refractivity contribution >= 4 is 26.0 Å². The monoisotopic (exact) mass is 339 g/mol. The fraction of sp³-hybridized carbons (Fsp3) is 0.636. The molecule has 0 unspecified atom stereocenters. The number of rotatable bonds is 7. The Kier molecular flexibility index (Phi) is 5.84. The van der Waals surface area contributed by atoms with E-state index in [2.05, 4.69) is 15.9 Å². The molecule has 5 nitrogen and oxygen atoms in total. The molecule has 0 atom stereocenters. The van der Waals surface area contributed by atoms with Crippen molar-refractivity contribution in [2.45, 2.75) is 38.2 Å². The van der Waals surface area contributed by atoms with E-state index in [1.165, 1.54) is 10.4 Å². The van der Waals surface area contributed by atoms with Crippen LogP contribution in [0.3, 0.4) is 0 Å². The van der Waals surface area contributed by atoms with Gasteiger partial charge in [-0.2, -0.15) is 4.31 Å². The van der Waals surface area contributed by atoms with Crippen LogP contribution < -0.4 is 0 Å². The summed E-state index contributed by atoms with van der Waals surface area (Å²) in [6.45, 7) is 4.49. The molecule has 0 aliphatic rings. The molecular weight excluding hydrogens is 322 g/mol. The number of aliphatic hydroxyl groups excluding tert-OH is 1. The number of aliphatic hydroxyl groups is 1. The molecule has 0 bridgehead atoms. The van der Waals surface area contributed by atoms with Crippen molar-refractivity contribution in [1.82, 2.24) is 4.31 Å². The predicted molar refractivity (Wildman–Crippen MR) is 71.7 cm³/mol. The van der Waals surface area contributed by atoms with Crippen LogP contribution in [0.5, 0.6) is 0 Å². The lowest BCUT2D eigenvalue weighted by Gasteiger charge is -2.20. The highest BCUT2D eigenvalue weighted by molar-refractivity contribution is 9.10. The molecule has 1 aromatic heterocycles. The van der Waals surface area contributed by atoms with E-state index in [0.717, 1.165) is 12.8 Å². The number of hydrogen-bond acceptors (Lipinski definition) is 4. The van der Waals surface area contributed by atoms with Gasteiger partial charge in [0.2, 0.25) is 10.0 Å². The molecule has 0 aliphatic carbocycles. The van der Waals surface area contributed by atoms with Gasteiger partial charge >= 0.3 is 0 Å². The van der Waals surface area contributed by atoms with Gasteiger partial charge in [-0.15, -0.1) is 0 Å². The quantitative estimate of drug-likeness (QED) is 0.827. The van der Waals surface area contributed by atoms with E-state index in [-0.39, 0.29) is 21.9 Å². The topological polar surface area (TPSA) is 70.8 Å². The molecule has 1 aromatic rings.